The number of fused-ring (bicyclic) bond motifs is 1. The molecule has 0 fully saturated rings. The Bertz CT molecular complexity index is 1200. The van der Waals surface area contributed by atoms with Crippen LogP contribution in [0.3, 0.4) is 0 Å². The molecule has 0 atom stereocenters. The number of benzene rings is 1. The van der Waals surface area contributed by atoms with Crippen LogP contribution in [0.15, 0.2) is 59.0 Å². The number of ether oxygens (including phenoxy) is 1. The molecule has 194 valence electrons. The van der Waals surface area contributed by atoms with Gasteiger partial charge in [0.25, 0.3) is 5.91 Å². The highest BCUT2D eigenvalue weighted by Crippen LogP contribution is 2.43. The maximum Gasteiger partial charge on any atom is 0.265 e. The summed E-state index contributed by atoms with van der Waals surface area (Å²) in [4.78, 5) is 25.0. The molecule has 1 heterocycles. The summed E-state index contributed by atoms with van der Waals surface area (Å²) in [6.07, 6.45) is 17.0. The number of ketones is 1. The minimum Gasteiger partial charge on any atom is -0.373 e. The van der Waals surface area contributed by atoms with E-state index in [0.29, 0.717) is 30.1 Å². The van der Waals surface area contributed by atoms with Crippen molar-refractivity contribution in [3.05, 3.63) is 76.3 Å². The van der Waals surface area contributed by atoms with Crippen molar-refractivity contribution in [3.8, 4) is 12.8 Å². The van der Waals surface area contributed by atoms with Crippen LogP contribution in [0.2, 0.25) is 0 Å². The lowest BCUT2D eigenvalue weighted by Gasteiger charge is -2.29. The first-order chi connectivity index (χ1) is 17.0. The van der Waals surface area contributed by atoms with E-state index in [1.807, 2.05) is 51.1 Å². The van der Waals surface area contributed by atoms with E-state index < -0.39 is 9.84 Å². The van der Waals surface area contributed by atoms with Gasteiger partial charge in [-0.25, -0.2) is 8.42 Å². The first kappa shape index (κ1) is 31.0. The standard InChI is InChI=1S/C15H19NO4S2.C11H14O.C2H2/c1-5-6-16-13(18)12-9-7-15(2,3)8-10(17)11(9)14(21-12)22(4,19)20;1-2-3-9-12-10-11-7-5-4-6-8-11;1-2/h5-6H,7-8H2,1-4H3,(H,16,18);2-8H,9-10H2,1H3;1-2H/b6-5+;3-2-;. The lowest BCUT2D eigenvalue weighted by atomic mass is 9.74. The third-order valence-corrected chi connectivity index (χ3v) is 8.09. The average Bonchev–Trinajstić information content (AvgIpc) is 3.22. The predicted octanol–water partition coefficient (Wildman–Crippen LogP) is 5.60. The summed E-state index contributed by atoms with van der Waals surface area (Å²) in [6.45, 7) is 9.04. The van der Waals surface area contributed by atoms with Crippen molar-refractivity contribution in [3.63, 3.8) is 0 Å². The van der Waals surface area contributed by atoms with Gasteiger partial charge in [0, 0.05) is 12.7 Å². The Hall–Kier alpha value is -2.99. The number of carbonyl (C=O) groups is 2. The number of carbonyl (C=O) groups excluding carboxylic acids is 2. The van der Waals surface area contributed by atoms with Crippen molar-refractivity contribution in [2.75, 3.05) is 12.9 Å². The van der Waals surface area contributed by atoms with Crippen LogP contribution in [0.5, 0.6) is 0 Å². The minimum atomic E-state index is -3.55. The summed E-state index contributed by atoms with van der Waals surface area (Å²) in [6, 6.07) is 10.2. The van der Waals surface area contributed by atoms with Crippen LogP contribution in [0.4, 0.5) is 0 Å². The fraction of sp³-hybridized carbons (Fsp3) is 0.357. The molecule has 6 nitrogen and oxygen atoms in total. The Morgan fingerprint density at radius 1 is 1.14 bits per heavy atom. The zero-order valence-electron chi connectivity index (χ0n) is 21.5. The molecule has 0 saturated heterocycles. The summed E-state index contributed by atoms with van der Waals surface area (Å²) < 4.78 is 29.3. The van der Waals surface area contributed by atoms with Gasteiger partial charge in [0.1, 0.15) is 4.21 Å². The third kappa shape index (κ3) is 9.23. The van der Waals surface area contributed by atoms with Crippen LogP contribution >= 0.6 is 11.3 Å². The number of hydrogen-bond acceptors (Lipinski definition) is 6. The van der Waals surface area contributed by atoms with Crippen LogP contribution in [-0.4, -0.2) is 33.0 Å². The van der Waals surface area contributed by atoms with E-state index >= 15 is 0 Å². The van der Waals surface area contributed by atoms with Gasteiger partial charge in [-0.2, -0.15) is 0 Å². The molecule has 1 amide bonds. The second-order valence-corrected chi connectivity index (χ2v) is 12.1. The second-order valence-electron chi connectivity index (χ2n) is 8.83. The number of sulfone groups is 1. The van der Waals surface area contributed by atoms with Crippen LogP contribution in [0, 0.1) is 18.3 Å². The number of rotatable bonds is 7. The number of hydrogen-bond donors (Lipinski definition) is 1. The summed E-state index contributed by atoms with van der Waals surface area (Å²) in [5.41, 5.74) is 1.73. The van der Waals surface area contributed by atoms with E-state index in [2.05, 4.69) is 30.3 Å². The quantitative estimate of drug-likeness (QED) is 0.287. The number of amides is 1. The van der Waals surface area contributed by atoms with Crippen molar-refractivity contribution in [1.82, 2.24) is 5.32 Å². The molecular weight excluding hydrogens is 494 g/mol. The van der Waals surface area contributed by atoms with Crippen molar-refractivity contribution >= 4 is 32.9 Å². The number of thiophene rings is 1. The van der Waals surface area contributed by atoms with Crippen molar-refractivity contribution in [1.29, 1.82) is 0 Å². The molecule has 1 aromatic heterocycles. The van der Waals surface area contributed by atoms with Crippen molar-refractivity contribution in [2.24, 2.45) is 5.41 Å². The molecular formula is C28H35NO5S2. The van der Waals surface area contributed by atoms with E-state index in [1.54, 1.807) is 13.0 Å². The van der Waals surface area contributed by atoms with E-state index in [1.165, 1.54) is 11.8 Å². The Kier molecular flexibility index (Phi) is 12.5. The fourth-order valence-corrected chi connectivity index (χ4v) is 5.98. The summed E-state index contributed by atoms with van der Waals surface area (Å²) in [5.74, 6) is -0.576. The number of terminal acetylenes is 1. The molecule has 2 aromatic rings. The molecule has 1 aliphatic rings. The maximum atomic E-state index is 12.4. The lowest BCUT2D eigenvalue weighted by molar-refractivity contribution is 0.0909. The van der Waals surface area contributed by atoms with Crippen LogP contribution in [-0.2, 0) is 27.6 Å². The molecule has 8 heteroatoms. The number of nitrogens with one attached hydrogen (secondary N) is 1. The zero-order valence-corrected chi connectivity index (χ0v) is 23.2. The van der Waals surface area contributed by atoms with Gasteiger partial charge in [-0.3, -0.25) is 9.59 Å². The fourth-order valence-electron chi connectivity index (χ4n) is 3.54. The molecule has 0 unspecified atom stereocenters. The first-order valence-electron chi connectivity index (χ1n) is 11.4. The van der Waals surface area contributed by atoms with Gasteiger partial charge < -0.3 is 10.1 Å². The van der Waals surface area contributed by atoms with Gasteiger partial charge in [0.2, 0.25) is 0 Å². The van der Waals surface area contributed by atoms with Gasteiger partial charge in [0.05, 0.1) is 23.7 Å². The Morgan fingerprint density at radius 3 is 2.33 bits per heavy atom. The lowest BCUT2D eigenvalue weighted by Crippen LogP contribution is -2.29. The largest absolute Gasteiger partial charge is 0.373 e. The number of allylic oxidation sites excluding steroid dienone is 2. The summed E-state index contributed by atoms with van der Waals surface area (Å²) in [5, 5.41) is 2.59. The van der Waals surface area contributed by atoms with E-state index in [-0.39, 0.29) is 33.3 Å². The average molecular weight is 530 g/mol. The SMILES string of the molecule is C#C.C/C=C/NC(=O)c1sc(S(C)(=O)=O)c2c1CC(C)(C)CC2=O.C/C=C\COCc1ccccc1. The Morgan fingerprint density at radius 2 is 1.78 bits per heavy atom. The van der Waals surface area contributed by atoms with Gasteiger partial charge in [-0.1, -0.05) is 62.4 Å². The molecule has 0 radical (unpaired) electrons. The molecule has 0 aliphatic heterocycles. The molecule has 0 spiro atoms. The second kappa shape index (κ2) is 14.5. The Labute approximate surface area is 219 Å². The molecule has 1 N–H and O–H groups in total. The highest BCUT2D eigenvalue weighted by Gasteiger charge is 2.39. The van der Waals surface area contributed by atoms with Crippen molar-refractivity contribution < 1.29 is 22.7 Å². The first-order valence-corrected chi connectivity index (χ1v) is 14.1. The zero-order chi connectivity index (χ0) is 27.4. The van der Waals surface area contributed by atoms with Crippen LogP contribution < -0.4 is 5.32 Å². The Balaban J connectivity index is 0.000000391. The van der Waals surface area contributed by atoms with Gasteiger partial charge in [-0.05, 0) is 43.0 Å². The topological polar surface area (TPSA) is 89.5 Å². The highest BCUT2D eigenvalue weighted by atomic mass is 32.2. The van der Waals surface area contributed by atoms with E-state index in [0.717, 1.165) is 17.6 Å². The summed E-state index contributed by atoms with van der Waals surface area (Å²) in [7, 11) is -3.55. The third-order valence-electron chi connectivity index (χ3n) is 5.03. The van der Waals surface area contributed by atoms with Crippen LogP contribution in [0.25, 0.3) is 0 Å². The maximum absolute atomic E-state index is 12.4. The summed E-state index contributed by atoms with van der Waals surface area (Å²) >= 11 is 0.891. The smallest absolute Gasteiger partial charge is 0.265 e. The van der Waals surface area contributed by atoms with E-state index in [4.69, 9.17) is 4.74 Å². The van der Waals surface area contributed by atoms with Gasteiger partial charge in [0.15, 0.2) is 15.6 Å². The minimum absolute atomic E-state index is 0.00799. The predicted molar refractivity (Wildman–Crippen MR) is 147 cm³/mol. The molecule has 1 aliphatic carbocycles. The molecule has 36 heavy (non-hydrogen) atoms. The monoisotopic (exact) mass is 529 g/mol. The normalized spacial score (nSPS) is 14.4. The molecule has 3 rings (SSSR count). The van der Waals surface area contributed by atoms with Gasteiger partial charge >= 0.3 is 0 Å². The molecule has 0 saturated carbocycles. The molecule has 0 bridgehead atoms. The van der Waals surface area contributed by atoms with Crippen molar-refractivity contribution in [2.45, 2.75) is 51.4 Å². The number of Topliss-reactive ketones (excluding diaryl/α,β-unsaturated/α-hetero) is 1. The highest BCUT2D eigenvalue weighted by molar-refractivity contribution is 7.92. The van der Waals surface area contributed by atoms with Crippen LogP contribution in [0.1, 0.15) is 65.3 Å². The van der Waals surface area contributed by atoms with E-state index in [9.17, 15) is 18.0 Å². The van der Waals surface area contributed by atoms with Gasteiger partial charge in [-0.15, -0.1) is 24.2 Å². The molecule has 1 aromatic carbocycles.